The van der Waals surface area contributed by atoms with Crippen LogP contribution >= 0.6 is 23.2 Å². The Hall–Kier alpha value is -1.19. The van der Waals surface area contributed by atoms with E-state index < -0.39 is 0 Å². The monoisotopic (exact) mass is 284 g/mol. The third-order valence-electron chi connectivity index (χ3n) is 2.42. The SMILES string of the molecule is CCCc1nc(Cl)cc(-c2ccc(F)cc2Cl)n1. The number of hydrogen-bond acceptors (Lipinski definition) is 2. The average molecular weight is 285 g/mol. The van der Waals surface area contributed by atoms with Gasteiger partial charge in [-0.3, -0.25) is 0 Å². The van der Waals surface area contributed by atoms with Crippen LogP contribution in [-0.4, -0.2) is 9.97 Å². The molecule has 1 heterocycles. The van der Waals surface area contributed by atoms with Gasteiger partial charge in [-0.05, 0) is 24.6 Å². The Kier molecular flexibility index (Phi) is 4.15. The molecule has 0 atom stereocenters. The molecule has 18 heavy (non-hydrogen) atoms. The number of aromatic nitrogens is 2. The van der Waals surface area contributed by atoms with Gasteiger partial charge in [0.05, 0.1) is 10.7 Å². The lowest BCUT2D eigenvalue weighted by Gasteiger charge is -2.06. The van der Waals surface area contributed by atoms with Crippen molar-refractivity contribution in [2.24, 2.45) is 0 Å². The molecule has 0 fully saturated rings. The van der Waals surface area contributed by atoms with Crippen molar-refractivity contribution in [3.8, 4) is 11.3 Å². The van der Waals surface area contributed by atoms with Crippen LogP contribution < -0.4 is 0 Å². The van der Waals surface area contributed by atoms with Gasteiger partial charge in [0.15, 0.2) is 0 Å². The van der Waals surface area contributed by atoms with E-state index >= 15 is 0 Å². The van der Waals surface area contributed by atoms with Crippen molar-refractivity contribution in [3.05, 3.63) is 46.1 Å². The zero-order valence-corrected chi connectivity index (χ0v) is 11.3. The smallest absolute Gasteiger partial charge is 0.133 e. The first-order valence-corrected chi connectivity index (χ1v) is 6.34. The van der Waals surface area contributed by atoms with E-state index in [0.717, 1.165) is 12.8 Å². The third kappa shape index (κ3) is 2.98. The summed E-state index contributed by atoms with van der Waals surface area (Å²) in [5.41, 5.74) is 1.27. The van der Waals surface area contributed by atoms with E-state index in [1.165, 1.54) is 12.1 Å². The number of aryl methyl sites for hydroxylation is 1. The van der Waals surface area contributed by atoms with Crippen molar-refractivity contribution in [2.75, 3.05) is 0 Å². The van der Waals surface area contributed by atoms with Crippen molar-refractivity contribution >= 4 is 23.2 Å². The van der Waals surface area contributed by atoms with Crippen molar-refractivity contribution in [3.63, 3.8) is 0 Å². The zero-order chi connectivity index (χ0) is 13.1. The first-order valence-electron chi connectivity index (χ1n) is 5.59. The summed E-state index contributed by atoms with van der Waals surface area (Å²) in [7, 11) is 0. The Morgan fingerprint density at radius 2 is 1.94 bits per heavy atom. The van der Waals surface area contributed by atoms with Crippen molar-refractivity contribution in [2.45, 2.75) is 19.8 Å². The van der Waals surface area contributed by atoms with Gasteiger partial charge in [0, 0.05) is 18.1 Å². The molecule has 0 bridgehead atoms. The number of halogens is 3. The molecular weight excluding hydrogens is 274 g/mol. The summed E-state index contributed by atoms with van der Waals surface area (Å²) in [4.78, 5) is 8.52. The summed E-state index contributed by atoms with van der Waals surface area (Å²) in [6, 6.07) is 5.81. The highest BCUT2D eigenvalue weighted by Gasteiger charge is 2.09. The second-order valence-corrected chi connectivity index (χ2v) is 4.66. The fraction of sp³-hybridized carbons (Fsp3) is 0.231. The van der Waals surface area contributed by atoms with Gasteiger partial charge in [-0.15, -0.1) is 0 Å². The minimum Gasteiger partial charge on any atom is -0.233 e. The fourth-order valence-electron chi connectivity index (χ4n) is 1.64. The normalized spacial score (nSPS) is 10.7. The van der Waals surface area contributed by atoms with Gasteiger partial charge in [-0.1, -0.05) is 30.1 Å². The van der Waals surface area contributed by atoms with E-state index in [-0.39, 0.29) is 5.82 Å². The first-order chi connectivity index (χ1) is 8.60. The Morgan fingerprint density at radius 3 is 2.61 bits per heavy atom. The number of hydrogen-bond donors (Lipinski definition) is 0. The molecule has 0 aliphatic rings. The molecule has 2 nitrogen and oxygen atoms in total. The molecule has 2 aromatic rings. The van der Waals surface area contributed by atoms with Crippen molar-refractivity contribution in [1.29, 1.82) is 0 Å². The summed E-state index contributed by atoms with van der Waals surface area (Å²) in [5, 5.41) is 0.677. The molecule has 0 amide bonds. The van der Waals surface area contributed by atoms with E-state index in [9.17, 15) is 4.39 Å². The van der Waals surface area contributed by atoms with Crippen LogP contribution in [0.3, 0.4) is 0 Å². The molecule has 0 aliphatic carbocycles. The summed E-state index contributed by atoms with van der Waals surface area (Å²) < 4.78 is 13.0. The van der Waals surface area contributed by atoms with E-state index in [1.54, 1.807) is 12.1 Å². The van der Waals surface area contributed by atoms with Crippen LogP contribution in [0.5, 0.6) is 0 Å². The molecule has 0 N–H and O–H groups in total. The Balaban J connectivity index is 2.49. The average Bonchev–Trinajstić information content (AvgIpc) is 2.28. The van der Waals surface area contributed by atoms with Gasteiger partial charge < -0.3 is 0 Å². The van der Waals surface area contributed by atoms with Crippen LogP contribution in [0.15, 0.2) is 24.3 Å². The van der Waals surface area contributed by atoms with Crippen LogP contribution in [0.1, 0.15) is 19.2 Å². The van der Waals surface area contributed by atoms with Gasteiger partial charge in [0.25, 0.3) is 0 Å². The summed E-state index contributed by atoms with van der Waals surface area (Å²) >= 11 is 12.0. The van der Waals surface area contributed by atoms with Gasteiger partial charge in [0.1, 0.15) is 16.8 Å². The molecule has 1 aromatic carbocycles. The van der Waals surface area contributed by atoms with E-state index in [4.69, 9.17) is 23.2 Å². The minimum atomic E-state index is -0.377. The Morgan fingerprint density at radius 1 is 1.17 bits per heavy atom. The second kappa shape index (κ2) is 5.63. The minimum absolute atomic E-state index is 0.312. The van der Waals surface area contributed by atoms with Gasteiger partial charge >= 0.3 is 0 Å². The molecule has 0 unspecified atom stereocenters. The molecule has 0 saturated heterocycles. The van der Waals surface area contributed by atoms with Crippen LogP contribution in [0.2, 0.25) is 10.2 Å². The van der Waals surface area contributed by atoms with E-state index in [2.05, 4.69) is 9.97 Å². The Labute approximate surface area is 115 Å². The highest BCUT2D eigenvalue weighted by atomic mass is 35.5. The van der Waals surface area contributed by atoms with Gasteiger partial charge in [0.2, 0.25) is 0 Å². The second-order valence-electron chi connectivity index (χ2n) is 3.87. The van der Waals surface area contributed by atoms with Gasteiger partial charge in [-0.2, -0.15) is 0 Å². The van der Waals surface area contributed by atoms with Gasteiger partial charge in [-0.25, -0.2) is 14.4 Å². The summed E-state index contributed by atoms with van der Waals surface area (Å²) in [6.45, 7) is 2.04. The molecule has 0 aliphatic heterocycles. The molecule has 0 saturated carbocycles. The molecular formula is C13H11Cl2FN2. The number of nitrogens with zero attached hydrogens (tertiary/aromatic N) is 2. The highest BCUT2D eigenvalue weighted by Crippen LogP contribution is 2.28. The molecule has 0 spiro atoms. The quantitative estimate of drug-likeness (QED) is 0.773. The van der Waals surface area contributed by atoms with Crippen molar-refractivity contribution < 1.29 is 4.39 Å². The highest BCUT2D eigenvalue weighted by molar-refractivity contribution is 6.33. The standard InChI is InChI=1S/C13H11Cl2FN2/c1-2-3-13-17-11(7-12(15)18-13)9-5-4-8(16)6-10(9)14/h4-7H,2-3H2,1H3. The van der Waals surface area contributed by atoms with Crippen LogP contribution in [0.25, 0.3) is 11.3 Å². The molecule has 2 rings (SSSR count). The molecule has 94 valence electrons. The maximum absolute atomic E-state index is 13.0. The largest absolute Gasteiger partial charge is 0.233 e. The maximum Gasteiger partial charge on any atom is 0.133 e. The lowest BCUT2D eigenvalue weighted by molar-refractivity contribution is 0.628. The molecule has 5 heteroatoms. The fourth-order valence-corrected chi connectivity index (χ4v) is 2.10. The predicted octanol–water partition coefficient (Wildman–Crippen LogP) is 4.54. The number of benzene rings is 1. The molecule has 1 aromatic heterocycles. The predicted molar refractivity (Wildman–Crippen MR) is 71.4 cm³/mol. The zero-order valence-electron chi connectivity index (χ0n) is 9.75. The first kappa shape index (κ1) is 13.2. The van der Waals surface area contributed by atoms with Crippen molar-refractivity contribution in [1.82, 2.24) is 9.97 Å². The summed E-state index contributed by atoms with van der Waals surface area (Å²) in [5.74, 6) is 0.290. The van der Waals surface area contributed by atoms with Crippen LogP contribution in [0, 0.1) is 5.82 Å². The lowest BCUT2D eigenvalue weighted by atomic mass is 10.1. The third-order valence-corrected chi connectivity index (χ3v) is 2.93. The number of rotatable bonds is 3. The molecule has 0 radical (unpaired) electrons. The summed E-state index contributed by atoms with van der Waals surface area (Å²) in [6.07, 6.45) is 1.67. The van der Waals surface area contributed by atoms with E-state index in [1.807, 2.05) is 6.92 Å². The lowest BCUT2D eigenvalue weighted by Crippen LogP contribution is -1.97. The van der Waals surface area contributed by atoms with Crippen LogP contribution in [-0.2, 0) is 6.42 Å². The topological polar surface area (TPSA) is 25.8 Å². The Bertz CT molecular complexity index is 573. The maximum atomic E-state index is 13.0. The van der Waals surface area contributed by atoms with Crippen LogP contribution in [0.4, 0.5) is 4.39 Å². The van der Waals surface area contributed by atoms with E-state index in [0.29, 0.717) is 27.3 Å².